The minimum atomic E-state index is 0.0590. The summed E-state index contributed by atoms with van der Waals surface area (Å²) in [6.07, 6.45) is 11.1. The number of benzene rings is 1. The van der Waals surface area contributed by atoms with Crippen molar-refractivity contribution < 1.29 is 4.79 Å². The number of aryl methyl sites for hydroxylation is 3. The lowest BCUT2D eigenvalue weighted by Gasteiger charge is -2.27. The number of rotatable bonds is 3. The maximum absolute atomic E-state index is 13.0. The molecule has 156 valence electrons. The molecule has 0 unspecified atom stereocenters. The van der Waals surface area contributed by atoms with Crippen LogP contribution in [-0.2, 0) is 19.3 Å². The maximum atomic E-state index is 13.0. The largest absolute Gasteiger partial charge is 0.345 e. The van der Waals surface area contributed by atoms with Crippen molar-refractivity contribution >= 4 is 28.3 Å². The van der Waals surface area contributed by atoms with Crippen molar-refractivity contribution in [1.82, 2.24) is 25.5 Å². The predicted molar refractivity (Wildman–Crippen MR) is 121 cm³/mol. The molecule has 2 aliphatic carbocycles. The fourth-order valence-electron chi connectivity index (χ4n) is 4.94. The SMILES string of the molecule is O=C(N[C@@H]1CCCc2cc(-c3ncnc4[nH]ncc34)ccc21)c1cc2c(s1)CCCC2. The predicted octanol–water partition coefficient (Wildman–Crippen LogP) is 4.77. The van der Waals surface area contributed by atoms with Gasteiger partial charge in [0, 0.05) is 10.4 Å². The van der Waals surface area contributed by atoms with Gasteiger partial charge in [0.25, 0.3) is 5.91 Å². The van der Waals surface area contributed by atoms with E-state index in [2.05, 4.69) is 49.7 Å². The van der Waals surface area contributed by atoms with Gasteiger partial charge in [0.2, 0.25) is 0 Å². The highest BCUT2D eigenvalue weighted by Gasteiger charge is 2.25. The molecule has 1 aromatic carbocycles. The van der Waals surface area contributed by atoms with Crippen molar-refractivity contribution in [2.75, 3.05) is 0 Å². The van der Waals surface area contributed by atoms with Gasteiger partial charge in [-0.3, -0.25) is 9.89 Å². The topological polar surface area (TPSA) is 83.6 Å². The minimum absolute atomic E-state index is 0.0590. The number of hydrogen-bond acceptors (Lipinski definition) is 5. The van der Waals surface area contributed by atoms with E-state index >= 15 is 0 Å². The summed E-state index contributed by atoms with van der Waals surface area (Å²) in [5.41, 5.74) is 6.58. The zero-order valence-corrected chi connectivity index (χ0v) is 18.0. The Hall–Kier alpha value is -3.06. The third-order valence-electron chi connectivity index (χ3n) is 6.50. The van der Waals surface area contributed by atoms with Gasteiger partial charge >= 0.3 is 0 Å². The molecule has 0 aliphatic heterocycles. The van der Waals surface area contributed by atoms with Gasteiger partial charge in [-0.25, -0.2) is 9.97 Å². The first-order chi connectivity index (χ1) is 15.3. The zero-order valence-electron chi connectivity index (χ0n) is 17.1. The molecule has 6 rings (SSSR count). The van der Waals surface area contributed by atoms with Crippen LogP contribution in [0.5, 0.6) is 0 Å². The second kappa shape index (κ2) is 7.57. The number of aromatic nitrogens is 4. The van der Waals surface area contributed by atoms with Gasteiger partial charge in [-0.15, -0.1) is 11.3 Å². The molecule has 31 heavy (non-hydrogen) atoms. The molecule has 7 heteroatoms. The van der Waals surface area contributed by atoms with Crippen molar-refractivity contribution in [2.24, 2.45) is 0 Å². The van der Waals surface area contributed by atoms with E-state index in [1.54, 1.807) is 23.9 Å². The van der Waals surface area contributed by atoms with Crippen LogP contribution in [0.3, 0.4) is 0 Å². The molecule has 0 saturated heterocycles. The van der Waals surface area contributed by atoms with E-state index in [9.17, 15) is 4.79 Å². The lowest BCUT2D eigenvalue weighted by Crippen LogP contribution is -2.30. The first-order valence-corrected chi connectivity index (χ1v) is 11.8. The van der Waals surface area contributed by atoms with Crippen LogP contribution in [0.1, 0.15) is 63.0 Å². The van der Waals surface area contributed by atoms with E-state index in [1.807, 2.05) is 0 Å². The summed E-state index contributed by atoms with van der Waals surface area (Å²) in [5.74, 6) is 0.0669. The smallest absolute Gasteiger partial charge is 0.261 e. The van der Waals surface area contributed by atoms with Gasteiger partial charge in [0.15, 0.2) is 5.65 Å². The number of H-pyrrole nitrogens is 1. The molecule has 3 aromatic heterocycles. The highest BCUT2D eigenvalue weighted by atomic mass is 32.1. The van der Waals surface area contributed by atoms with Gasteiger partial charge in [0.1, 0.15) is 6.33 Å². The molecular weight excluding hydrogens is 406 g/mol. The summed E-state index contributed by atoms with van der Waals surface area (Å²) in [6.45, 7) is 0. The van der Waals surface area contributed by atoms with Crippen molar-refractivity contribution in [3.05, 3.63) is 63.2 Å². The highest BCUT2D eigenvalue weighted by Crippen LogP contribution is 2.35. The van der Waals surface area contributed by atoms with Gasteiger partial charge in [-0.1, -0.05) is 12.1 Å². The molecule has 6 nitrogen and oxygen atoms in total. The summed E-state index contributed by atoms with van der Waals surface area (Å²) >= 11 is 1.68. The van der Waals surface area contributed by atoms with Crippen molar-refractivity contribution in [2.45, 2.75) is 51.0 Å². The van der Waals surface area contributed by atoms with E-state index in [-0.39, 0.29) is 11.9 Å². The fourth-order valence-corrected chi connectivity index (χ4v) is 6.10. The minimum Gasteiger partial charge on any atom is -0.345 e. The molecule has 1 atom stereocenters. The molecule has 2 N–H and O–H groups in total. The van der Waals surface area contributed by atoms with Crippen molar-refractivity contribution in [3.8, 4) is 11.3 Å². The lowest BCUT2D eigenvalue weighted by atomic mass is 9.86. The monoisotopic (exact) mass is 429 g/mol. The van der Waals surface area contributed by atoms with E-state index in [0.29, 0.717) is 0 Å². The van der Waals surface area contributed by atoms with Crippen LogP contribution in [0.25, 0.3) is 22.3 Å². The molecule has 0 saturated carbocycles. The van der Waals surface area contributed by atoms with E-state index in [1.165, 1.54) is 34.4 Å². The third-order valence-corrected chi connectivity index (χ3v) is 7.74. The van der Waals surface area contributed by atoms with Crippen LogP contribution >= 0.6 is 11.3 Å². The molecule has 3 heterocycles. The molecule has 0 bridgehead atoms. The van der Waals surface area contributed by atoms with Crippen LogP contribution in [0.4, 0.5) is 0 Å². The van der Waals surface area contributed by atoms with Gasteiger partial charge < -0.3 is 5.32 Å². The molecule has 4 aromatic rings. The van der Waals surface area contributed by atoms with Crippen molar-refractivity contribution in [3.63, 3.8) is 0 Å². The second-order valence-electron chi connectivity index (χ2n) is 8.45. The molecular formula is C24H23N5OS. The van der Waals surface area contributed by atoms with E-state index in [0.717, 1.165) is 59.3 Å². The Morgan fingerprint density at radius 3 is 2.90 bits per heavy atom. The van der Waals surface area contributed by atoms with Crippen LogP contribution < -0.4 is 5.32 Å². The Bertz CT molecular complexity index is 1270. The standard InChI is InChI=1S/C24H23N5OS/c30-24(21-11-15-4-1-2-7-20(15)31-21)28-19-6-3-5-14-10-16(8-9-17(14)19)22-18-12-27-29-23(18)26-13-25-22/h8-13,19H,1-7H2,(H,28,30)(H,25,26,27,29)/t19-/m1/s1. The van der Waals surface area contributed by atoms with Crippen LogP contribution in [0.2, 0.25) is 0 Å². The molecule has 1 amide bonds. The van der Waals surface area contributed by atoms with E-state index < -0.39 is 0 Å². The maximum Gasteiger partial charge on any atom is 0.261 e. The number of carbonyl (C=O) groups is 1. The quantitative estimate of drug-likeness (QED) is 0.491. The fraction of sp³-hybridized carbons (Fsp3) is 0.333. The number of amides is 1. The van der Waals surface area contributed by atoms with Gasteiger partial charge in [-0.2, -0.15) is 5.10 Å². The number of thiophene rings is 1. The summed E-state index contributed by atoms with van der Waals surface area (Å²) < 4.78 is 0. The molecule has 0 radical (unpaired) electrons. The molecule has 2 aliphatic rings. The highest BCUT2D eigenvalue weighted by molar-refractivity contribution is 7.14. The second-order valence-corrected chi connectivity index (χ2v) is 9.59. The normalized spacial score (nSPS) is 17.9. The molecule has 0 fully saturated rings. The number of aromatic amines is 1. The summed E-state index contributed by atoms with van der Waals surface area (Å²) in [4.78, 5) is 24.0. The Balaban J connectivity index is 1.28. The summed E-state index contributed by atoms with van der Waals surface area (Å²) in [7, 11) is 0. The van der Waals surface area contributed by atoms with Crippen LogP contribution in [-0.4, -0.2) is 26.1 Å². The first kappa shape index (κ1) is 18.7. The first-order valence-electron chi connectivity index (χ1n) is 11.0. The van der Waals surface area contributed by atoms with E-state index in [4.69, 9.17) is 0 Å². The van der Waals surface area contributed by atoms with Crippen LogP contribution in [0.15, 0.2) is 36.8 Å². The van der Waals surface area contributed by atoms with Crippen LogP contribution in [0, 0.1) is 0 Å². The summed E-state index contributed by atoms with van der Waals surface area (Å²) in [6, 6.07) is 8.65. The summed E-state index contributed by atoms with van der Waals surface area (Å²) in [5, 5.41) is 11.2. The lowest BCUT2D eigenvalue weighted by molar-refractivity contribution is 0.0937. The Morgan fingerprint density at radius 2 is 1.97 bits per heavy atom. The Morgan fingerprint density at radius 1 is 1.06 bits per heavy atom. The molecule has 0 spiro atoms. The Labute approximate surface area is 184 Å². The Kier molecular flexibility index (Phi) is 4.56. The van der Waals surface area contributed by atoms with Gasteiger partial charge in [0.05, 0.1) is 28.2 Å². The third kappa shape index (κ3) is 3.33. The number of carbonyl (C=O) groups excluding carboxylic acids is 1. The zero-order chi connectivity index (χ0) is 20.8. The number of nitrogens with zero attached hydrogens (tertiary/aromatic N) is 3. The van der Waals surface area contributed by atoms with Crippen molar-refractivity contribution in [1.29, 1.82) is 0 Å². The number of nitrogens with one attached hydrogen (secondary N) is 2. The number of fused-ring (bicyclic) bond motifs is 3. The van der Waals surface area contributed by atoms with Gasteiger partial charge in [-0.05, 0) is 73.8 Å². The number of hydrogen-bond donors (Lipinski definition) is 2. The average molecular weight is 430 g/mol. The average Bonchev–Trinajstić information content (AvgIpc) is 3.46.